The van der Waals surface area contributed by atoms with Crippen LogP contribution in [0.2, 0.25) is 0 Å². The minimum atomic E-state index is -1.47. The Labute approximate surface area is 267 Å². The highest BCUT2D eigenvalue weighted by Gasteiger charge is 2.46. The number of aromatic nitrogens is 3. The number of anilines is 3. The second kappa shape index (κ2) is 13.5. The van der Waals surface area contributed by atoms with E-state index in [0.29, 0.717) is 23.4 Å². The van der Waals surface area contributed by atoms with Crippen molar-refractivity contribution >= 4 is 23.2 Å². The maximum absolute atomic E-state index is 15.3. The van der Waals surface area contributed by atoms with E-state index in [-0.39, 0.29) is 43.3 Å². The molecule has 0 radical (unpaired) electrons. The van der Waals surface area contributed by atoms with Crippen molar-refractivity contribution in [1.29, 1.82) is 5.26 Å². The minimum absolute atomic E-state index is 0.0515. The molecule has 2 aromatic carbocycles. The number of aliphatic hydroxyl groups excluding tert-OH is 1. The average molecular weight is 631 g/mol. The molecule has 12 nitrogen and oxygen atoms in total. The van der Waals surface area contributed by atoms with Crippen LogP contribution in [0.15, 0.2) is 48.8 Å². The number of nitrogens with one attached hydrogen (secondary N) is 1. The Morgan fingerprint density at radius 2 is 1.91 bits per heavy atom. The number of carbonyl (C=O) groups is 1. The van der Waals surface area contributed by atoms with Crippen LogP contribution in [0.5, 0.6) is 5.75 Å². The van der Waals surface area contributed by atoms with E-state index < -0.39 is 17.7 Å². The second-order valence-electron chi connectivity index (χ2n) is 12.6. The summed E-state index contributed by atoms with van der Waals surface area (Å²) < 4.78 is 26.8. The first-order chi connectivity index (χ1) is 22.2. The van der Waals surface area contributed by atoms with E-state index in [1.54, 1.807) is 18.2 Å². The minimum Gasteiger partial charge on any atom is -0.485 e. The molecule has 3 fully saturated rings. The third kappa shape index (κ3) is 6.89. The van der Waals surface area contributed by atoms with Crippen molar-refractivity contribution < 1.29 is 23.8 Å². The first-order valence-corrected chi connectivity index (χ1v) is 15.6. The number of aliphatic hydroxyl groups is 1. The standard InChI is InChI=1S/C33H39FN8O4/c1-33(2)20-42(29(44)9-14-43)17-27(34)30(33)46-28-8-3-22(15-23(28)16-35)31-36-21-37-32(39-31)38-24-4-6-25(7-5-24)40-10-12-41(13-11-40)26-18-45-19-26/h3-8,15,21,26-27,30,43H,9-14,17-20H2,1-2H3,(H,36,37,38,39). The first kappa shape index (κ1) is 31.6. The molecule has 3 saturated heterocycles. The van der Waals surface area contributed by atoms with Crippen LogP contribution in [0.4, 0.5) is 21.7 Å². The molecule has 3 aliphatic rings. The number of nitrogens with zero attached hydrogens (tertiary/aromatic N) is 7. The maximum atomic E-state index is 15.3. The van der Waals surface area contributed by atoms with Gasteiger partial charge in [-0.05, 0) is 42.5 Å². The number of rotatable bonds is 9. The molecule has 2 unspecified atom stereocenters. The summed E-state index contributed by atoms with van der Waals surface area (Å²) in [6.45, 7) is 9.20. The van der Waals surface area contributed by atoms with Crippen molar-refractivity contribution in [2.75, 3.05) is 69.3 Å². The lowest BCUT2D eigenvalue weighted by Crippen LogP contribution is -2.59. The van der Waals surface area contributed by atoms with Crippen LogP contribution in [-0.2, 0) is 9.53 Å². The molecule has 242 valence electrons. The number of benzene rings is 2. The highest BCUT2D eigenvalue weighted by molar-refractivity contribution is 5.76. The molecule has 4 heterocycles. The first-order valence-electron chi connectivity index (χ1n) is 15.6. The van der Waals surface area contributed by atoms with Gasteiger partial charge >= 0.3 is 0 Å². The summed E-state index contributed by atoms with van der Waals surface area (Å²) in [5, 5.41) is 22.3. The number of piperidine rings is 1. The van der Waals surface area contributed by atoms with Gasteiger partial charge in [-0.25, -0.2) is 14.4 Å². The van der Waals surface area contributed by atoms with Gasteiger partial charge in [0.1, 0.15) is 24.3 Å². The largest absolute Gasteiger partial charge is 0.485 e. The summed E-state index contributed by atoms with van der Waals surface area (Å²) in [6, 6.07) is 15.8. The van der Waals surface area contributed by atoms with Gasteiger partial charge in [-0.2, -0.15) is 10.2 Å². The lowest BCUT2D eigenvalue weighted by atomic mass is 9.80. The monoisotopic (exact) mass is 630 g/mol. The predicted molar refractivity (Wildman–Crippen MR) is 169 cm³/mol. The fraction of sp³-hybridized carbons (Fsp3) is 0.485. The summed E-state index contributed by atoms with van der Waals surface area (Å²) in [5.74, 6) is 0.670. The zero-order valence-corrected chi connectivity index (χ0v) is 26.1. The molecule has 3 aliphatic heterocycles. The molecule has 6 rings (SSSR count). The van der Waals surface area contributed by atoms with Gasteiger partial charge in [-0.3, -0.25) is 9.69 Å². The quantitative estimate of drug-likeness (QED) is 0.361. The number of halogens is 1. The number of hydrogen-bond acceptors (Lipinski definition) is 11. The Morgan fingerprint density at radius 1 is 1.15 bits per heavy atom. The molecule has 13 heteroatoms. The SMILES string of the molecule is CC1(C)CN(C(=O)CCO)CC(F)C1Oc1ccc(-c2ncnc(Nc3ccc(N4CCN(C5COC5)CC4)cc3)n2)cc1C#N. The number of ether oxygens (including phenoxy) is 2. The number of hydrogen-bond donors (Lipinski definition) is 2. The van der Waals surface area contributed by atoms with E-state index in [1.807, 2.05) is 26.0 Å². The Balaban J connectivity index is 1.10. The van der Waals surface area contributed by atoms with Crippen LogP contribution in [0.25, 0.3) is 11.4 Å². The highest BCUT2D eigenvalue weighted by Crippen LogP contribution is 2.36. The highest BCUT2D eigenvalue weighted by atomic mass is 19.1. The molecular weight excluding hydrogens is 591 g/mol. The zero-order chi connectivity index (χ0) is 32.3. The predicted octanol–water partition coefficient (Wildman–Crippen LogP) is 3.01. The van der Waals surface area contributed by atoms with Crippen LogP contribution in [-0.4, -0.2) is 113 Å². The van der Waals surface area contributed by atoms with Gasteiger partial charge in [0.25, 0.3) is 0 Å². The summed E-state index contributed by atoms with van der Waals surface area (Å²) in [7, 11) is 0. The van der Waals surface area contributed by atoms with Crippen LogP contribution in [0.3, 0.4) is 0 Å². The van der Waals surface area contributed by atoms with E-state index in [0.717, 1.165) is 45.1 Å². The molecule has 0 spiro atoms. The Hall–Kier alpha value is -4.38. The molecule has 1 aromatic heterocycles. The van der Waals surface area contributed by atoms with Crippen molar-refractivity contribution in [3.8, 4) is 23.2 Å². The third-order valence-corrected chi connectivity index (χ3v) is 8.89. The van der Waals surface area contributed by atoms with Crippen LogP contribution in [0, 0.1) is 16.7 Å². The summed E-state index contributed by atoms with van der Waals surface area (Å²) >= 11 is 0. The number of likely N-dealkylation sites (tertiary alicyclic amines) is 1. The molecule has 46 heavy (non-hydrogen) atoms. The molecule has 0 aliphatic carbocycles. The summed E-state index contributed by atoms with van der Waals surface area (Å²) in [5.41, 5.74) is 2.06. The number of piperazine rings is 1. The van der Waals surface area contributed by atoms with Crippen LogP contribution < -0.4 is 15.0 Å². The van der Waals surface area contributed by atoms with Crippen molar-refractivity contribution in [3.63, 3.8) is 0 Å². The van der Waals surface area contributed by atoms with Gasteiger partial charge in [0.05, 0.1) is 38.0 Å². The van der Waals surface area contributed by atoms with Crippen molar-refractivity contribution in [1.82, 2.24) is 24.8 Å². The molecular formula is C33H39FN8O4. The van der Waals surface area contributed by atoms with Crippen molar-refractivity contribution in [2.45, 2.75) is 38.6 Å². The van der Waals surface area contributed by atoms with Crippen LogP contribution >= 0.6 is 0 Å². The fourth-order valence-electron chi connectivity index (χ4n) is 6.28. The molecule has 2 N–H and O–H groups in total. The van der Waals surface area contributed by atoms with E-state index in [2.05, 4.69) is 48.3 Å². The van der Waals surface area contributed by atoms with Gasteiger partial charge in [0, 0.05) is 61.5 Å². The number of nitriles is 1. The lowest BCUT2D eigenvalue weighted by Gasteiger charge is -2.45. The Kier molecular flexibility index (Phi) is 9.30. The Bertz CT molecular complexity index is 1570. The summed E-state index contributed by atoms with van der Waals surface area (Å²) in [6.07, 6.45) is -0.995. The van der Waals surface area contributed by atoms with Crippen LogP contribution in [0.1, 0.15) is 25.8 Å². The van der Waals surface area contributed by atoms with Gasteiger partial charge < -0.3 is 29.7 Å². The Morgan fingerprint density at radius 3 is 2.57 bits per heavy atom. The van der Waals surface area contributed by atoms with E-state index in [9.17, 15) is 10.1 Å². The second-order valence-corrected chi connectivity index (χ2v) is 12.6. The maximum Gasteiger partial charge on any atom is 0.230 e. The number of carbonyl (C=O) groups excluding carboxylic acids is 1. The molecule has 1 amide bonds. The molecule has 3 aromatic rings. The summed E-state index contributed by atoms with van der Waals surface area (Å²) in [4.78, 5) is 31.7. The van der Waals surface area contributed by atoms with Crippen molar-refractivity contribution in [3.05, 3.63) is 54.4 Å². The lowest BCUT2D eigenvalue weighted by molar-refractivity contribution is -0.142. The van der Waals surface area contributed by atoms with Gasteiger partial charge in [0.15, 0.2) is 12.0 Å². The average Bonchev–Trinajstić information content (AvgIpc) is 3.03. The van der Waals surface area contributed by atoms with E-state index >= 15 is 4.39 Å². The third-order valence-electron chi connectivity index (χ3n) is 8.89. The van der Waals surface area contributed by atoms with E-state index in [4.69, 9.17) is 14.6 Å². The fourth-order valence-corrected chi connectivity index (χ4v) is 6.28. The van der Waals surface area contributed by atoms with Crippen molar-refractivity contribution in [2.24, 2.45) is 5.41 Å². The molecule has 2 atom stereocenters. The number of alkyl halides is 1. The van der Waals surface area contributed by atoms with Gasteiger partial charge in [0.2, 0.25) is 11.9 Å². The number of amides is 1. The smallest absolute Gasteiger partial charge is 0.230 e. The van der Waals surface area contributed by atoms with Gasteiger partial charge in [-0.15, -0.1) is 0 Å². The van der Waals surface area contributed by atoms with Gasteiger partial charge in [-0.1, -0.05) is 13.8 Å². The molecule has 0 saturated carbocycles. The van der Waals surface area contributed by atoms with E-state index in [1.165, 1.54) is 16.9 Å². The topological polar surface area (TPSA) is 140 Å². The molecule has 0 bridgehead atoms. The zero-order valence-electron chi connectivity index (χ0n) is 26.1. The normalized spacial score (nSPS) is 21.7.